The van der Waals surface area contributed by atoms with E-state index in [1.807, 2.05) is 0 Å². The first-order valence-corrected chi connectivity index (χ1v) is 3.20. The minimum absolute atomic E-state index is 0.163. The Morgan fingerprint density at radius 2 is 2.00 bits per heavy atom. The normalized spacial score (nSPS) is 51.7. The lowest BCUT2D eigenvalue weighted by Crippen LogP contribution is -2.73. The highest BCUT2D eigenvalue weighted by Crippen LogP contribution is 2.73. The van der Waals surface area contributed by atoms with E-state index in [2.05, 4.69) is 0 Å². The molecule has 9 heavy (non-hydrogen) atoms. The highest BCUT2D eigenvalue weighted by Gasteiger charge is 2.77. The molecule has 3 aliphatic rings. The van der Waals surface area contributed by atoms with Crippen molar-refractivity contribution in [2.24, 2.45) is 17.1 Å². The number of hydrogen-bond donors (Lipinski definition) is 1. The Labute approximate surface area is 52.2 Å². The minimum Gasteiger partial charge on any atom is -0.330 e. The van der Waals surface area contributed by atoms with E-state index in [1.165, 1.54) is 0 Å². The minimum atomic E-state index is -2.40. The van der Waals surface area contributed by atoms with Gasteiger partial charge in [0.2, 0.25) is 0 Å². The Balaban J connectivity index is 2.18. The second-order valence-corrected chi connectivity index (χ2v) is 3.21. The smallest absolute Gasteiger partial charge is 0.257 e. The maximum Gasteiger partial charge on any atom is 0.257 e. The molecule has 3 saturated carbocycles. The molecule has 1 nitrogen and oxygen atoms in total. The average Bonchev–Trinajstić information content (AvgIpc) is 1.63. The third-order valence-electron chi connectivity index (χ3n) is 2.88. The molecule has 0 aromatic carbocycles. The zero-order valence-corrected chi connectivity index (χ0v) is 5.03. The Bertz CT molecular complexity index is 144. The van der Waals surface area contributed by atoms with E-state index < -0.39 is 11.3 Å². The molecule has 0 saturated heterocycles. The molecule has 0 aromatic rings. The molecule has 3 fully saturated rings. The molecule has 0 heterocycles. The summed E-state index contributed by atoms with van der Waals surface area (Å²) in [6, 6.07) is 0. The molecular weight excluding hydrogens is 124 g/mol. The lowest BCUT2D eigenvalue weighted by molar-refractivity contribution is -0.344. The second-order valence-electron chi connectivity index (χ2n) is 3.21. The molecule has 0 atom stereocenters. The van der Waals surface area contributed by atoms with E-state index in [4.69, 9.17) is 5.73 Å². The molecule has 3 heteroatoms. The van der Waals surface area contributed by atoms with Gasteiger partial charge in [-0.3, -0.25) is 0 Å². The monoisotopic (exact) mass is 133 g/mol. The van der Waals surface area contributed by atoms with Crippen LogP contribution in [0.5, 0.6) is 0 Å². The van der Waals surface area contributed by atoms with Crippen LogP contribution < -0.4 is 5.73 Å². The van der Waals surface area contributed by atoms with Gasteiger partial charge in [0.25, 0.3) is 5.92 Å². The number of hydrogen-bond acceptors (Lipinski definition) is 1. The van der Waals surface area contributed by atoms with Crippen molar-refractivity contribution < 1.29 is 8.78 Å². The Morgan fingerprint density at radius 3 is 2.00 bits per heavy atom. The molecule has 0 unspecified atom stereocenters. The number of alkyl halides is 2. The Kier molecular flexibility index (Phi) is 0.712. The van der Waals surface area contributed by atoms with Gasteiger partial charge in [-0.2, -0.15) is 0 Å². The van der Waals surface area contributed by atoms with Crippen LogP contribution in [0.15, 0.2) is 0 Å². The van der Waals surface area contributed by atoms with Gasteiger partial charge in [0, 0.05) is 17.9 Å². The third kappa shape index (κ3) is 0.342. The molecule has 52 valence electrons. The fourth-order valence-corrected chi connectivity index (χ4v) is 1.89. The standard InChI is InChI=1S/C6H9F2N/c7-6(8)4-1-5(6,2-4)3-9/h4H,1-3,9H2. The van der Waals surface area contributed by atoms with Crippen molar-refractivity contribution in [3.63, 3.8) is 0 Å². The Hall–Kier alpha value is -0.180. The van der Waals surface area contributed by atoms with Gasteiger partial charge in [0.05, 0.1) is 0 Å². The molecule has 0 spiro atoms. The summed E-state index contributed by atoms with van der Waals surface area (Å²) in [6.45, 7) is 0.163. The third-order valence-corrected chi connectivity index (χ3v) is 2.88. The maximum atomic E-state index is 12.6. The van der Waals surface area contributed by atoms with Gasteiger partial charge in [-0.15, -0.1) is 0 Å². The van der Waals surface area contributed by atoms with Crippen LogP contribution in [0.3, 0.4) is 0 Å². The van der Waals surface area contributed by atoms with Crippen molar-refractivity contribution in [1.82, 2.24) is 0 Å². The fraction of sp³-hybridized carbons (Fsp3) is 1.00. The first-order chi connectivity index (χ1) is 4.12. The molecule has 0 radical (unpaired) electrons. The Morgan fingerprint density at radius 1 is 1.44 bits per heavy atom. The molecular formula is C6H9F2N. The van der Waals surface area contributed by atoms with Crippen LogP contribution in [0, 0.1) is 11.3 Å². The first kappa shape index (κ1) is 5.59. The number of rotatable bonds is 1. The van der Waals surface area contributed by atoms with Gasteiger partial charge in [-0.1, -0.05) is 0 Å². The van der Waals surface area contributed by atoms with Crippen LogP contribution >= 0.6 is 0 Å². The van der Waals surface area contributed by atoms with Crippen LogP contribution in [-0.4, -0.2) is 12.5 Å². The molecule has 0 amide bonds. The predicted octanol–water partition coefficient (Wildman–Crippen LogP) is 0.990. The van der Waals surface area contributed by atoms with Crippen molar-refractivity contribution in [2.75, 3.05) is 6.54 Å². The lowest BCUT2D eigenvalue weighted by atomic mass is 9.41. The van der Waals surface area contributed by atoms with Gasteiger partial charge in [0.15, 0.2) is 0 Å². The van der Waals surface area contributed by atoms with Gasteiger partial charge in [0.1, 0.15) is 0 Å². The topological polar surface area (TPSA) is 26.0 Å². The summed E-state index contributed by atoms with van der Waals surface area (Å²) in [5.41, 5.74) is 4.45. The van der Waals surface area contributed by atoms with Crippen molar-refractivity contribution >= 4 is 0 Å². The quantitative estimate of drug-likeness (QED) is 0.567. The molecule has 3 aliphatic carbocycles. The van der Waals surface area contributed by atoms with E-state index in [0.717, 1.165) is 0 Å². The molecule has 0 aliphatic heterocycles. The molecule has 2 N–H and O–H groups in total. The molecule has 2 bridgehead atoms. The summed E-state index contributed by atoms with van der Waals surface area (Å²) in [5, 5.41) is 0. The van der Waals surface area contributed by atoms with E-state index in [9.17, 15) is 8.78 Å². The van der Waals surface area contributed by atoms with Crippen LogP contribution in [0.2, 0.25) is 0 Å². The number of nitrogens with two attached hydrogens (primary N) is 1. The first-order valence-electron chi connectivity index (χ1n) is 3.20. The zero-order chi connectivity index (χ0) is 6.70. The van der Waals surface area contributed by atoms with Crippen LogP contribution in [-0.2, 0) is 0 Å². The summed E-state index contributed by atoms with van der Waals surface area (Å²) >= 11 is 0. The maximum absolute atomic E-state index is 12.6. The zero-order valence-electron chi connectivity index (χ0n) is 5.03. The molecule has 0 aromatic heterocycles. The summed E-state index contributed by atoms with van der Waals surface area (Å²) in [4.78, 5) is 0. The summed E-state index contributed by atoms with van der Waals surface area (Å²) in [7, 11) is 0. The SMILES string of the molecule is NCC12CC(C1)C2(F)F. The predicted molar refractivity (Wildman–Crippen MR) is 29.2 cm³/mol. The van der Waals surface area contributed by atoms with E-state index in [1.54, 1.807) is 0 Å². The largest absolute Gasteiger partial charge is 0.330 e. The van der Waals surface area contributed by atoms with E-state index in [0.29, 0.717) is 12.8 Å². The van der Waals surface area contributed by atoms with Crippen LogP contribution in [0.1, 0.15) is 12.8 Å². The highest BCUT2D eigenvalue weighted by molar-refractivity contribution is 5.20. The summed E-state index contributed by atoms with van der Waals surface area (Å²) in [5.74, 6) is -2.72. The van der Waals surface area contributed by atoms with Crippen molar-refractivity contribution in [3.05, 3.63) is 0 Å². The summed E-state index contributed by atoms with van der Waals surface area (Å²) < 4.78 is 25.1. The van der Waals surface area contributed by atoms with Crippen LogP contribution in [0.4, 0.5) is 8.78 Å². The average molecular weight is 133 g/mol. The van der Waals surface area contributed by atoms with Crippen molar-refractivity contribution in [1.29, 1.82) is 0 Å². The highest BCUT2D eigenvalue weighted by atomic mass is 19.3. The van der Waals surface area contributed by atoms with Gasteiger partial charge in [-0.25, -0.2) is 8.78 Å². The fourth-order valence-electron chi connectivity index (χ4n) is 1.89. The van der Waals surface area contributed by atoms with Gasteiger partial charge in [-0.05, 0) is 12.8 Å². The number of halogens is 2. The van der Waals surface area contributed by atoms with E-state index in [-0.39, 0.29) is 12.5 Å². The van der Waals surface area contributed by atoms with E-state index >= 15 is 0 Å². The van der Waals surface area contributed by atoms with Crippen molar-refractivity contribution in [2.45, 2.75) is 18.8 Å². The van der Waals surface area contributed by atoms with Gasteiger partial charge < -0.3 is 5.73 Å². The second kappa shape index (κ2) is 1.15. The van der Waals surface area contributed by atoms with Crippen LogP contribution in [0.25, 0.3) is 0 Å². The van der Waals surface area contributed by atoms with Crippen molar-refractivity contribution in [3.8, 4) is 0 Å². The summed E-state index contributed by atoms with van der Waals surface area (Å²) in [6.07, 6.45) is 1.33. The molecule has 3 rings (SSSR count). The lowest BCUT2D eigenvalue weighted by Gasteiger charge is -2.67. The van der Waals surface area contributed by atoms with Gasteiger partial charge >= 0.3 is 0 Å².